The predicted molar refractivity (Wildman–Crippen MR) is 77.4 cm³/mol. The molecule has 2 N–H and O–H groups in total. The molecular weight excluding hydrogens is 284 g/mol. The van der Waals surface area contributed by atoms with Crippen LogP contribution in [-0.4, -0.2) is 33.7 Å². The Hall–Kier alpha value is -1.15. The summed E-state index contributed by atoms with van der Waals surface area (Å²) in [5.74, 6) is 0.880. The van der Waals surface area contributed by atoms with E-state index in [1.807, 2.05) is 0 Å². The van der Waals surface area contributed by atoms with Gasteiger partial charge in [-0.2, -0.15) is 0 Å². The van der Waals surface area contributed by atoms with Crippen LogP contribution in [0.1, 0.15) is 0 Å². The lowest BCUT2D eigenvalue weighted by Crippen LogP contribution is -2.08. The Balaban J connectivity index is 2.80. The molecule has 2 aromatic rings. The van der Waals surface area contributed by atoms with Gasteiger partial charge in [0, 0.05) is 23.6 Å². The van der Waals surface area contributed by atoms with Crippen molar-refractivity contribution in [3.63, 3.8) is 0 Å². The number of hydrogen-bond acceptors (Lipinski definition) is 5. The second kappa shape index (κ2) is 5.46. The number of rotatable bonds is 3. The van der Waals surface area contributed by atoms with Gasteiger partial charge in [0.05, 0.1) is 12.6 Å². The molecule has 1 aromatic heterocycles. The van der Waals surface area contributed by atoms with Crippen molar-refractivity contribution in [3.05, 3.63) is 18.2 Å². The van der Waals surface area contributed by atoms with Crippen LogP contribution in [0.2, 0.25) is 0 Å². The van der Waals surface area contributed by atoms with E-state index in [1.54, 1.807) is 30.7 Å². The number of nitrogens with two attached hydrogens (primary N) is 1. The summed E-state index contributed by atoms with van der Waals surface area (Å²) in [6, 6.07) is 4.96. The molecule has 0 fully saturated rings. The zero-order chi connectivity index (χ0) is 14.2. The second-order valence-corrected chi connectivity index (χ2v) is 6.67. The standard InChI is InChI=1S/C12H14N2O3S2/c1-17-9-6-12(13)14-8-5-11(19(3)16)10(18(2)15)4-7(8)9/h4-6H,1-3H3,(H2,13,14). The van der Waals surface area contributed by atoms with Crippen molar-refractivity contribution in [3.8, 4) is 5.75 Å². The monoisotopic (exact) mass is 298 g/mol. The average Bonchev–Trinajstić information content (AvgIpc) is 2.35. The molecule has 102 valence electrons. The molecule has 5 nitrogen and oxygen atoms in total. The topological polar surface area (TPSA) is 94.3 Å². The number of nitrogens with zero attached hydrogens (tertiary/aromatic N) is 1. The van der Waals surface area contributed by atoms with Crippen LogP contribution >= 0.6 is 0 Å². The molecular formula is C12H14N2O3S2. The molecule has 2 unspecified atom stereocenters. The molecule has 0 bridgehead atoms. The highest BCUT2D eigenvalue weighted by Gasteiger charge is 2.22. The maximum Gasteiger partial charge on any atom is 0.209 e. The molecule has 2 rings (SSSR count). The molecule has 7 heteroatoms. The molecule has 0 aliphatic carbocycles. The number of methoxy groups -OCH3 is 1. The Labute approximate surface area is 117 Å². The first-order chi connectivity index (χ1) is 8.93. The smallest absolute Gasteiger partial charge is 0.209 e. The van der Waals surface area contributed by atoms with Gasteiger partial charge in [0.1, 0.15) is 24.1 Å². The first-order valence-electron chi connectivity index (χ1n) is 5.39. The van der Waals surface area contributed by atoms with E-state index in [-0.39, 0.29) is 0 Å². The van der Waals surface area contributed by atoms with Crippen LogP contribution in [0.3, 0.4) is 0 Å². The van der Waals surface area contributed by atoms with E-state index in [9.17, 15) is 9.11 Å². The van der Waals surface area contributed by atoms with Gasteiger partial charge in [-0.15, -0.1) is 0 Å². The number of fused-ring (bicyclic) bond motifs is 1. The van der Waals surface area contributed by atoms with Crippen molar-refractivity contribution in [2.24, 2.45) is 0 Å². The maximum absolute atomic E-state index is 11.8. The second-order valence-electron chi connectivity index (χ2n) is 3.97. The fourth-order valence-electron chi connectivity index (χ4n) is 1.84. The molecule has 0 radical (unpaired) electrons. The quantitative estimate of drug-likeness (QED) is 0.862. The van der Waals surface area contributed by atoms with E-state index in [0.717, 1.165) is 0 Å². The molecule has 0 aliphatic heterocycles. The van der Waals surface area contributed by atoms with Crippen molar-refractivity contribution in [2.75, 3.05) is 25.4 Å². The summed E-state index contributed by atoms with van der Waals surface area (Å²) in [4.78, 5) is 5.23. The lowest BCUT2D eigenvalue weighted by Gasteiger charge is -2.13. The first kappa shape index (κ1) is 14.3. The van der Waals surface area contributed by atoms with Crippen LogP contribution in [0.15, 0.2) is 28.0 Å². The van der Waals surface area contributed by atoms with Crippen molar-refractivity contribution in [1.29, 1.82) is 0 Å². The molecule has 0 aliphatic rings. The molecule has 2 atom stereocenters. The number of aromatic nitrogens is 1. The molecule has 0 spiro atoms. The Morgan fingerprint density at radius 2 is 1.68 bits per heavy atom. The van der Waals surface area contributed by atoms with Crippen molar-refractivity contribution in [2.45, 2.75) is 9.79 Å². The zero-order valence-electron chi connectivity index (χ0n) is 10.8. The highest BCUT2D eigenvalue weighted by molar-refractivity contribution is 7.93. The highest BCUT2D eigenvalue weighted by atomic mass is 32.2. The third kappa shape index (κ3) is 2.74. The number of benzene rings is 1. The van der Waals surface area contributed by atoms with E-state index in [1.165, 1.54) is 7.11 Å². The Morgan fingerprint density at radius 1 is 1.11 bits per heavy atom. The van der Waals surface area contributed by atoms with Crippen molar-refractivity contribution in [1.82, 2.24) is 4.98 Å². The van der Waals surface area contributed by atoms with Gasteiger partial charge in [0.25, 0.3) is 0 Å². The molecule has 0 saturated carbocycles. The van der Waals surface area contributed by atoms with Crippen LogP contribution in [0, 0.1) is 0 Å². The fraction of sp³-hybridized carbons (Fsp3) is 0.250. The molecule has 19 heavy (non-hydrogen) atoms. The van der Waals surface area contributed by atoms with Gasteiger partial charge in [0.15, 0.2) is 0 Å². The van der Waals surface area contributed by atoms with Crippen LogP contribution < -0.4 is 10.5 Å². The minimum absolute atomic E-state index is 0.322. The lowest BCUT2D eigenvalue weighted by atomic mass is 10.2. The van der Waals surface area contributed by atoms with Gasteiger partial charge < -0.3 is 19.6 Å². The number of ether oxygens (including phenoxy) is 1. The van der Waals surface area contributed by atoms with Crippen molar-refractivity contribution < 1.29 is 13.8 Å². The number of nitrogen functional groups attached to an aromatic ring is 1. The average molecular weight is 298 g/mol. The minimum atomic E-state index is -1.25. The van der Waals surface area contributed by atoms with Gasteiger partial charge in [-0.1, -0.05) is 0 Å². The zero-order valence-corrected chi connectivity index (χ0v) is 12.4. The summed E-state index contributed by atoms with van der Waals surface area (Å²) in [5, 5.41) is 0.705. The van der Waals surface area contributed by atoms with E-state index in [2.05, 4.69) is 4.98 Å². The summed E-state index contributed by atoms with van der Waals surface area (Å²) >= 11 is -2.49. The minimum Gasteiger partial charge on any atom is -0.612 e. The molecule has 1 heterocycles. The Kier molecular flexibility index (Phi) is 4.10. The molecule has 0 saturated heterocycles. The van der Waals surface area contributed by atoms with E-state index in [4.69, 9.17) is 10.5 Å². The van der Waals surface area contributed by atoms with Crippen LogP contribution in [0.4, 0.5) is 5.82 Å². The Bertz CT molecular complexity index is 617. The van der Waals surface area contributed by atoms with E-state index >= 15 is 0 Å². The number of anilines is 1. The fourth-order valence-corrected chi connectivity index (χ4v) is 3.79. The third-order valence-corrected chi connectivity index (χ3v) is 4.74. The summed E-state index contributed by atoms with van der Waals surface area (Å²) in [6.45, 7) is 0. The van der Waals surface area contributed by atoms with Crippen molar-refractivity contribution >= 4 is 39.1 Å². The number of pyridine rings is 1. The van der Waals surface area contributed by atoms with Gasteiger partial charge in [-0.05, 0) is 22.4 Å². The first-order valence-corrected chi connectivity index (χ1v) is 8.50. The SMILES string of the molecule is COc1cc(N)nc2cc([S+](C)[O-])c([S+](C)[O-])cc12. The van der Waals surface area contributed by atoms with E-state index < -0.39 is 22.4 Å². The highest BCUT2D eigenvalue weighted by Crippen LogP contribution is 2.32. The summed E-state index contributed by atoms with van der Waals surface area (Å²) in [7, 11) is 1.53. The lowest BCUT2D eigenvalue weighted by molar-refractivity contribution is 0.419. The summed E-state index contributed by atoms with van der Waals surface area (Å²) in [6.07, 6.45) is 3.09. The van der Waals surface area contributed by atoms with Gasteiger partial charge >= 0.3 is 0 Å². The summed E-state index contributed by atoms with van der Waals surface area (Å²) in [5.41, 5.74) is 6.28. The largest absolute Gasteiger partial charge is 0.612 e. The number of hydrogen-bond donors (Lipinski definition) is 1. The van der Waals surface area contributed by atoms with E-state index in [0.29, 0.717) is 32.3 Å². The van der Waals surface area contributed by atoms with Gasteiger partial charge in [0.2, 0.25) is 9.79 Å². The summed E-state index contributed by atoms with van der Waals surface area (Å²) < 4.78 is 28.8. The third-order valence-electron chi connectivity index (χ3n) is 2.70. The normalized spacial score (nSPS) is 14.4. The maximum atomic E-state index is 11.8. The van der Waals surface area contributed by atoms with Crippen LogP contribution in [0.25, 0.3) is 10.9 Å². The predicted octanol–water partition coefficient (Wildman–Crippen LogP) is 1.30. The van der Waals surface area contributed by atoms with Crippen LogP contribution in [-0.2, 0) is 22.4 Å². The van der Waals surface area contributed by atoms with Gasteiger partial charge in [-0.3, -0.25) is 0 Å². The molecule has 0 amide bonds. The van der Waals surface area contributed by atoms with Gasteiger partial charge in [-0.25, -0.2) is 4.98 Å². The molecule has 1 aromatic carbocycles. The van der Waals surface area contributed by atoms with Crippen LogP contribution in [0.5, 0.6) is 5.75 Å². The Morgan fingerprint density at radius 3 is 2.21 bits per heavy atom.